The number of carboxylic acids is 1. The van der Waals surface area contributed by atoms with Crippen LogP contribution in [0.25, 0.3) is 21.8 Å². The molecule has 0 aliphatic carbocycles. The zero-order valence-corrected chi connectivity index (χ0v) is 16.2. The Morgan fingerprint density at radius 1 is 0.933 bits per heavy atom. The summed E-state index contributed by atoms with van der Waals surface area (Å²) >= 11 is 0. The summed E-state index contributed by atoms with van der Waals surface area (Å²) in [6, 6.07) is 22.7. The van der Waals surface area contributed by atoms with Gasteiger partial charge in [-0.05, 0) is 30.3 Å². The molecule has 4 rings (SSSR count). The molecular weight excluding hydrogens is 380 g/mol. The zero-order valence-electron chi connectivity index (χ0n) is 16.2. The maximum absolute atomic E-state index is 11.4. The van der Waals surface area contributed by atoms with Crippen LogP contribution in [0.2, 0.25) is 0 Å². The van der Waals surface area contributed by atoms with E-state index in [4.69, 9.17) is 14.7 Å². The fraction of sp³-hybridized carbons (Fsp3) is 0.167. The van der Waals surface area contributed by atoms with Crippen molar-refractivity contribution in [2.75, 3.05) is 13.2 Å². The summed E-state index contributed by atoms with van der Waals surface area (Å²) in [6.07, 6.45) is 0.649. The summed E-state index contributed by atoms with van der Waals surface area (Å²) in [5.41, 5.74) is 2.22. The molecule has 30 heavy (non-hydrogen) atoms. The van der Waals surface area contributed by atoms with E-state index in [2.05, 4.69) is 6.07 Å². The fourth-order valence-corrected chi connectivity index (χ4v) is 3.54. The molecule has 0 bridgehead atoms. The maximum Gasteiger partial charge on any atom is 0.323 e. The van der Waals surface area contributed by atoms with Gasteiger partial charge in [-0.1, -0.05) is 30.3 Å². The second kappa shape index (κ2) is 8.58. The van der Waals surface area contributed by atoms with Gasteiger partial charge in [-0.25, -0.2) is 0 Å². The Hall–Kier alpha value is -3.98. The fourth-order valence-electron chi connectivity index (χ4n) is 3.54. The van der Waals surface area contributed by atoms with E-state index in [-0.39, 0.29) is 6.54 Å². The predicted octanol–water partition coefficient (Wildman–Crippen LogP) is 4.60. The first-order valence-electron chi connectivity index (χ1n) is 9.65. The smallest absolute Gasteiger partial charge is 0.323 e. The number of benzene rings is 3. The molecule has 6 heteroatoms. The minimum absolute atomic E-state index is 0.111. The summed E-state index contributed by atoms with van der Waals surface area (Å²) < 4.78 is 13.3. The third-order valence-corrected chi connectivity index (χ3v) is 4.86. The molecule has 0 saturated heterocycles. The monoisotopic (exact) mass is 400 g/mol. The first-order chi connectivity index (χ1) is 14.7. The zero-order chi connectivity index (χ0) is 20.9. The van der Waals surface area contributed by atoms with Gasteiger partial charge in [0.05, 0.1) is 24.3 Å². The third-order valence-electron chi connectivity index (χ3n) is 4.86. The van der Waals surface area contributed by atoms with Gasteiger partial charge in [0.25, 0.3) is 0 Å². The van der Waals surface area contributed by atoms with E-state index in [1.54, 1.807) is 22.8 Å². The molecule has 1 aromatic heterocycles. The summed E-state index contributed by atoms with van der Waals surface area (Å²) in [4.78, 5) is 11.4. The molecule has 0 aliphatic rings. The number of rotatable bonds is 8. The maximum atomic E-state index is 11.4. The van der Waals surface area contributed by atoms with E-state index in [0.717, 1.165) is 21.8 Å². The molecule has 0 unspecified atom stereocenters. The highest BCUT2D eigenvalue weighted by atomic mass is 16.5. The first-order valence-corrected chi connectivity index (χ1v) is 9.65. The Labute approximate surface area is 173 Å². The van der Waals surface area contributed by atoms with Gasteiger partial charge in [0.15, 0.2) is 0 Å². The van der Waals surface area contributed by atoms with Crippen LogP contribution in [0, 0.1) is 11.3 Å². The molecule has 0 atom stereocenters. The van der Waals surface area contributed by atoms with Crippen molar-refractivity contribution in [2.24, 2.45) is 0 Å². The van der Waals surface area contributed by atoms with Gasteiger partial charge in [0.2, 0.25) is 0 Å². The molecule has 1 N–H and O–H groups in total. The Balaban J connectivity index is 1.45. The van der Waals surface area contributed by atoms with Crippen LogP contribution >= 0.6 is 0 Å². The molecule has 6 nitrogen and oxygen atoms in total. The number of hydrogen-bond acceptors (Lipinski definition) is 4. The number of fused-ring (bicyclic) bond motifs is 3. The average Bonchev–Trinajstić information content (AvgIpc) is 3.06. The summed E-state index contributed by atoms with van der Waals surface area (Å²) in [5.74, 6) is 0.354. The number of ether oxygens (including phenoxy) is 2. The van der Waals surface area contributed by atoms with Crippen molar-refractivity contribution in [1.82, 2.24) is 4.57 Å². The first kappa shape index (κ1) is 19.3. The quantitative estimate of drug-likeness (QED) is 0.437. The van der Waals surface area contributed by atoms with Crippen molar-refractivity contribution < 1.29 is 19.4 Å². The highest BCUT2D eigenvalue weighted by molar-refractivity contribution is 6.08. The van der Waals surface area contributed by atoms with Gasteiger partial charge in [0, 0.05) is 28.8 Å². The van der Waals surface area contributed by atoms with Crippen LogP contribution in [-0.2, 0) is 11.3 Å². The molecule has 150 valence electrons. The van der Waals surface area contributed by atoms with Crippen LogP contribution in [0.5, 0.6) is 11.5 Å². The average molecular weight is 400 g/mol. The topological polar surface area (TPSA) is 84.5 Å². The van der Waals surface area contributed by atoms with E-state index in [0.29, 0.717) is 36.7 Å². The summed E-state index contributed by atoms with van der Waals surface area (Å²) in [7, 11) is 0. The van der Waals surface area contributed by atoms with Gasteiger partial charge in [-0.3, -0.25) is 4.79 Å². The number of nitriles is 1. The second-order valence-corrected chi connectivity index (χ2v) is 6.83. The van der Waals surface area contributed by atoms with Crippen LogP contribution in [0.1, 0.15) is 12.0 Å². The Kier molecular flexibility index (Phi) is 5.53. The minimum Gasteiger partial charge on any atom is -0.493 e. The van der Waals surface area contributed by atoms with Crippen molar-refractivity contribution in [1.29, 1.82) is 5.26 Å². The van der Waals surface area contributed by atoms with Crippen LogP contribution < -0.4 is 9.47 Å². The lowest BCUT2D eigenvalue weighted by Crippen LogP contribution is -2.08. The van der Waals surface area contributed by atoms with E-state index >= 15 is 0 Å². The predicted molar refractivity (Wildman–Crippen MR) is 114 cm³/mol. The molecular formula is C24H20N2O4. The Morgan fingerprint density at radius 3 is 2.50 bits per heavy atom. The van der Waals surface area contributed by atoms with Crippen molar-refractivity contribution in [3.8, 4) is 17.6 Å². The summed E-state index contributed by atoms with van der Waals surface area (Å²) in [5, 5.41) is 20.4. The van der Waals surface area contributed by atoms with Crippen molar-refractivity contribution in [3.63, 3.8) is 0 Å². The van der Waals surface area contributed by atoms with Gasteiger partial charge >= 0.3 is 5.97 Å². The van der Waals surface area contributed by atoms with E-state index in [9.17, 15) is 9.90 Å². The van der Waals surface area contributed by atoms with Crippen molar-refractivity contribution in [3.05, 3.63) is 72.3 Å². The molecule has 0 saturated carbocycles. The van der Waals surface area contributed by atoms with Crippen LogP contribution in [-0.4, -0.2) is 28.9 Å². The molecule has 4 aromatic rings. The standard InChI is InChI=1S/C24H20N2O4/c25-15-17-6-1-4-9-23(17)30-13-5-12-29-18-10-11-20-19-7-2-3-8-21(19)26(16-24(27)28)22(20)14-18/h1-4,6-11,14H,5,12-13,16H2,(H,27,28). The molecule has 1 heterocycles. The normalized spacial score (nSPS) is 10.8. The highest BCUT2D eigenvalue weighted by Gasteiger charge is 2.13. The molecule has 3 aromatic carbocycles. The van der Waals surface area contributed by atoms with Crippen LogP contribution in [0.4, 0.5) is 0 Å². The minimum atomic E-state index is -0.890. The van der Waals surface area contributed by atoms with Crippen LogP contribution in [0.3, 0.4) is 0 Å². The molecule has 0 aliphatic heterocycles. The SMILES string of the molecule is N#Cc1ccccc1OCCCOc1ccc2c3ccccc3n(CC(=O)O)c2c1. The second-order valence-electron chi connectivity index (χ2n) is 6.83. The van der Waals surface area contributed by atoms with E-state index in [1.807, 2.05) is 48.5 Å². The molecule has 0 radical (unpaired) electrons. The van der Waals surface area contributed by atoms with E-state index < -0.39 is 5.97 Å². The van der Waals surface area contributed by atoms with Crippen LogP contribution in [0.15, 0.2) is 66.7 Å². The number of para-hydroxylation sites is 2. The van der Waals surface area contributed by atoms with Gasteiger partial charge < -0.3 is 19.1 Å². The van der Waals surface area contributed by atoms with Crippen molar-refractivity contribution in [2.45, 2.75) is 13.0 Å². The highest BCUT2D eigenvalue weighted by Crippen LogP contribution is 2.31. The van der Waals surface area contributed by atoms with Crippen molar-refractivity contribution >= 4 is 27.8 Å². The van der Waals surface area contributed by atoms with Gasteiger partial charge in [-0.15, -0.1) is 0 Å². The third kappa shape index (κ3) is 3.91. The summed E-state index contributed by atoms with van der Waals surface area (Å²) in [6.45, 7) is 0.763. The molecule has 0 spiro atoms. The number of nitrogens with zero attached hydrogens (tertiary/aromatic N) is 2. The number of aliphatic carboxylic acids is 1. The Morgan fingerprint density at radius 2 is 1.67 bits per heavy atom. The molecule has 0 amide bonds. The lowest BCUT2D eigenvalue weighted by atomic mass is 10.1. The number of hydrogen-bond donors (Lipinski definition) is 1. The number of carboxylic acid groups (broad SMARTS) is 1. The lowest BCUT2D eigenvalue weighted by molar-refractivity contribution is -0.137. The number of aromatic nitrogens is 1. The largest absolute Gasteiger partial charge is 0.493 e. The van der Waals surface area contributed by atoms with Gasteiger partial charge in [-0.2, -0.15) is 5.26 Å². The van der Waals surface area contributed by atoms with Gasteiger partial charge in [0.1, 0.15) is 24.1 Å². The lowest BCUT2D eigenvalue weighted by Gasteiger charge is -2.10. The molecule has 0 fully saturated rings. The van der Waals surface area contributed by atoms with E-state index in [1.165, 1.54) is 0 Å². The Bertz CT molecular complexity index is 1250. The number of carbonyl (C=O) groups is 1.